The zero-order chi connectivity index (χ0) is 24.5. The molecule has 0 aliphatic carbocycles. The summed E-state index contributed by atoms with van der Waals surface area (Å²) in [4.78, 5) is 43.1. The van der Waals surface area contributed by atoms with Crippen LogP contribution in [-0.2, 0) is 24.7 Å². The molecule has 1 fully saturated rings. The molecule has 2 heterocycles. The molecule has 1 unspecified atom stereocenters. The van der Waals surface area contributed by atoms with Crippen LogP contribution in [0.5, 0.6) is 5.75 Å². The van der Waals surface area contributed by atoms with Gasteiger partial charge in [-0.15, -0.1) is 0 Å². The minimum Gasteiger partial charge on any atom is -0.507 e. The van der Waals surface area contributed by atoms with Crippen molar-refractivity contribution in [1.29, 1.82) is 0 Å². The highest BCUT2D eigenvalue weighted by Crippen LogP contribution is 2.53. The molecule has 2 aromatic rings. The van der Waals surface area contributed by atoms with Crippen molar-refractivity contribution in [2.45, 2.75) is 25.3 Å². The number of rotatable bonds is 8. The average Bonchev–Trinajstić information content (AvgIpc) is 3.21. The molecule has 0 saturated carbocycles. The third-order valence-corrected chi connectivity index (χ3v) is 6.27. The van der Waals surface area contributed by atoms with E-state index in [9.17, 15) is 19.5 Å². The van der Waals surface area contributed by atoms with E-state index in [0.29, 0.717) is 42.2 Å². The van der Waals surface area contributed by atoms with Gasteiger partial charge in [0.2, 0.25) is 0 Å². The fraction of sp³-hybridized carbons (Fsp3) is 0.346. The van der Waals surface area contributed by atoms with Crippen LogP contribution in [0.3, 0.4) is 0 Å². The average molecular weight is 465 g/mol. The van der Waals surface area contributed by atoms with E-state index in [2.05, 4.69) is 0 Å². The third kappa shape index (κ3) is 3.45. The predicted octanol–water partition coefficient (Wildman–Crippen LogP) is 3.06. The number of aliphatic hydroxyl groups is 1. The maximum atomic E-state index is 13.8. The van der Waals surface area contributed by atoms with Crippen molar-refractivity contribution in [2.24, 2.45) is 0 Å². The molecule has 0 aromatic heterocycles. The number of ether oxygens (including phenoxy) is 2. The summed E-state index contributed by atoms with van der Waals surface area (Å²) in [7, 11) is 3.15. The molecule has 0 radical (unpaired) electrons. The number of likely N-dealkylation sites (N-methyl/N-ethyl adjacent to an activating group) is 1. The van der Waals surface area contributed by atoms with Gasteiger partial charge in [0.15, 0.2) is 5.54 Å². The van der Waals surface area contributed by atoms with Gasteiger partial charge in [0.25, 0.3) is 17.6 Å². The van der Waals surface area contributed by atoms with Crippen molar-refractivity contribution in [1.82, 2.24) is 4.90 Å². The Morgan fingerprint density at radius 1 is 1.03 bits per heavy atom. The van der Waals surface area contributed by atoms with Crippen molar-refractivity contribution in [2.75, 3.05) is 38.8 Å². The smallest absolute Gasteiger partial charge is 0.296 e. The predicted molar refractivity (Wildman–Crippen MR) is 127 cm³/mol. The zero-order valence-corrected chi connectivity index (χ0v) is 19.5. The minimum absolute atomic E-state index is 0.118. The Kier molecular flexibility index (Phi) is 6.43. The largest absolute Gasteiger partial charge is 0.507 e. The summed E-state index contributed by atoms with van der Waals surface area (Å²) in [5, 5.41) is 11.4. The van der Waals surface area contributed by atoms with E-state index in [0.717, 1.165) is 6.42 Å². The van der Waals surface area contributed by atoms with Gasteiger partial charge in [-0.3, -0.25) is 14.4 Å². The van der Waals surface area contributed by atoms with Crippen LogP contribution in [0.25, 0.3) is 5.76 Å². The molecule has 2 amide bonds. The van der Waals surface area contributed by atoms with Crippen LogP contribution in [0.2, 0.25) is 0 Å². The van der Waals surface area contributed by atoms with Gasteiger partial charge in [-0.1, -0.05) is 25.1 Å². The van der Waals surface area contributed by atoms with Crippen LogP contribution in [0.1, 0.15) is 30.9 Å². The molecule has 0 bridgehead atoms. The summed E-state index contributed by atoms with van der Waals surface area (Å²) in [5.41, 5.74) is -0.574. The fourth-order valence-electron chi connectivity index (χ4n) is 4.71. The summed E-state index contributed by atoms with van der Waals surface area (Å²) in [6, 6.07) is 13.6. The van der Waals surface area contributed by atoms with E-state index in [1.165, 1.54) is 9.80 Å². The highest BCUT2D eigenvalue weighted by atomic mass is 16.5. The molecule has 8 heteroatoms. The van der Waals surface area contributed by atoms with Gasteiger partial charge in [-0.05, 0) is 43.2 Å². The number of amides is 2. The van der Waals surface area contributed by atoms with E-state index < -0.39 is 28.9 Å². The Bertz CT molecular complexity index is 1160. The van der Waals surface area contributed by atoms with Gasteiger partial charge in [0.1, 0.15) is 11.5 Å². The lowest BCUT2D eigenvalue weighted by atomic mass is 9.82. The fourth-order valence-corrected chi connectivity index (χ4v) is 4.71. The van der Waals surface area contributed by atoms with Gasteiger partial charge >= 0.3 is 0 Å². The molecule has 8 nitrogen and oxygen atoms in total. The second-order valence-corrected chi connectivity index (χ2v) is 8.32. The van der Waals surface area contributed by atoms with Gasteiger partial charge < -0.3 is 24.4 Å². The number of carbonyl (C=O) groups excluding carboxylic acids is 3. The van der Waals surface area contributed by atoms with Crippen LogP contribution >= 0.6 is 0 Å². The number of likely N-dealkylation sites (tertiary alicyclic amines) is 1. The molecule has 1 N–H and O–H groups in total. The number of fused-ring (bicyclic) bond motifs is 2. The van der Waals surface area contributed by atoms with Crippen LogP contribution in [0.15, 0.2) is 54.1 Å². The summed E-state index contributed by atoms with van der Waals surface area (Å²) in [5.74, 6) is -1.95. The Morgan fingerprint density at radius 3 is 2.41 bits per heavy atom. The van der Waals surface area contributed by atoms with Crippen LogP contribution in [0, 0.1) is 0 Å². The number of aliphatic hydroxyl groups excluding tert-OH is 1. The lowest BCUT2D eigenvalue weighted by molar-refractivity contribution is -0.143. The molecule has 2 aliphatic heterocycles. The number of Topliss-reactive ketones (excluding diaryl/α,β-unsaturated/α-hetero) is 1. The summed E-state index contributed by atoms with van der Waals surface area (Å²) in [6.07, 6.45) is 1.28. The number of hydrogen-bond donors (Lipinski definition) is 1. The highest BCUT2D eigenvalue weighted by Gasteiger charge is 2.66. The van der Waals surface area contributed by atoms with Crippen molar-refractivity contribution >= 4 is 29.0 Å². The molecule has 2 aromatic carbocycles. The first-order valence-corrected chi connectivity index (χ1v) is 11.3. The molecule has 4 rings (SSSR count). The first-order chi connectivity index (χ1) is 16.4. The van der Waals surface area contributed by atoms with Gasteiger partial charge in [-0.2, -0.15) is 0 Å². The number of anilines is 1. The van der Waals surface area contributed by atoms with E-state index >= 15 is 0 Å². The normalized spacial score (nSPS) is 21.0. The second-order valence-electron chi connectivity index (χ2n) is 8.32. The third-order valence-electron chi connectivity index (χ3n) is 6.27. The lowest BCUT2D eigenvalue weighted by Crippen LogP contribution is -2.51. The minimum atomic E-state index is -1.74. The monoisotopic (exact) mass is 464 g/mol. The first kappa shape index (κ1) is 23.5. The molecule has 34 heavy (non-hydrogen) atoms. The van der Waals surface area contributed by atoms with E-state index in [1.807, 2.05) is 6.92 Å². The van der Waals surface area contributed by atoms with Crippen molar-refractivity contribution in [3.8, 4) is 5.75 Å². The maximum Gasteiger partial charge on any atom is 0.296 e. The molecule has 178 valence electrons. The van der Waals surface area contributed by atoms with Crippen LogP contribution in [0.4, 0.5) is 5.69 Å². The van der Waals surface area contributed by atoms with Gasteiger partial charge in [0.05, 0.1) is 12.2 Å². The molecule has 1 atom stereocenters. The molecule has 2 aliphatic rings. The second kappa shape index (κ2) is 9.30. The van der Waals surface area contributed by atoms with Crippen LogP contribution < -0.4 is 9.64 Å². The standard InChI is InChI=1S/C26H28N2O6/c1-4-15-34-18-12-10-17(11-13-18)22(29)21-23(30)24(31)28(14-7-16-33-3)26(21)19-8-5-6-9-20(19)27(2)25(26)32/h5-6,8-13,29H,4,7,14-16H2,1-3H3. The lowest BCUT2D eigenvalue weighted by Gasteiger charge is -2.34. The Balaban J connectivity index is 1.91. The van der Waals surface area contributed by atoms with E-state index in [4.69, 9.17) is 9.47 Å². The van der Waals surface area contributed by atoms with Crippen LogP contribution in [-0.4, -0.2) is 61.5 Å². The molecule has 1 spiro atoms. The van der Waals surface area contributed by atoms with Crippen molar-refractivity contribution < 1.29 is 29.0 Å². The number of para-hydroxylation sites is 1. The van der Waals surface area contributed by atoms with Crippen molar-refractivity contribution in [3.05, 3.63) is 65.2 Å². The Labute approximate surface area is 198 Å². The van der Waals surface area contributed by atoms with Gasteiger partial charge in [-0.25, -0.2) is 0 Å². The van der Waals surface area contributed by atoms with Gasteiger partial charge in [0, 0.05) is 44.1 Å². The van der Waals surface area contributed by atoms with E-state index in [-0.39, 0.29) is 12.1 Å². The Hall–Kier alpha value is -3.65. The molecule has 1 saturated heterocycles. The number of ketones is 1. The number of hydrogen-bond acceptors (Lipinski definition) is 6. The quantitative estimate of drug-likeness (QED) is 0.279. The summed E-state index contributed by atoms with van der Waals surface area (Å²) in [6.45, 7) is 3.02. The number of methoxy groups -OCH3 is 1. The molecular weight excluding hydrogens is 436 g/mol. The summed E-state index contributed by atoms with van der Waals surface area (Å²) < 4.78 is 10.7. The van der Waals surface area contributed by atoms with Crippen molar-refractivity contribution in [3.63, 3.8) is 0 Å². The first-order valence-electron chi connectivity index (χ1n) is 11.3. The SMILES string of the molecule is CCCOc1ccc(C(O)=C2C(=O)C(=O)N(CCCOC)C23C(=O)N(C)c2ccccc23)cc1. The Morgan fingerprint density at radius 2 is 1.74 bits per heavy atom. The highest BCUT2D eigenvalue weighted by molar-refractivity contribution is 6.50. The number of carbonyl (C=O) groups is 3. The topological polar surface area (TPSA) is 96.4 Å². The number of nitrogens with zero attached hydrogens (tertiary/aromatic N) is 2. The zero-order valence-electron chi connectivity index (χ0n) is 19.5. The number of benzene rings is 2. The summed E-state index contributed by atoms with van der Waals surface area (Å²) >= 11 is 0. The molecular formula is C26H28N2O6. The van der Waals surface area contributed by atoms with E-state index in [1.54, 1.807) is 62.7 Å². The maximum absolute atomic E-state index is 13.8.